The highest BCUT2D eigenvalue weighted by molar-refractivity contribution is 9.10. The lowest BCUT2D eigenvalue weighted by Crippen LogP contribution is -2.25. The molecule has 2 aromatic carbocycles. The van der Waals surface area contributed by atoms with E-state index in [1.54, 1.807) is 28.9 Å². The van der Waals surface area contributed by atoms with Gasteiger partial charge < -0.3 is 0 Å². The summed E-state index contributed by atoms with van der Waals surface area (Å²) in [4.78, 5) is 12.8. The molecule has 0 N–H and O–H groups in total. The van der Waals surface area contributed by atoms with Gasteiger partial charge in [-0.1, -0.05) is 27.5 Å². The lowest BCUT2D eigenvalue weighted by molar-refractivity contribution is 0.0970. The standard InChI is InChI=1S/C18H11BrClN5O/c19-11-3-6-16-14(7-11)13(15(9-21)18-22-23-24-25(16)18)8-17(26)10-1-4-12(20)5-2-10/h1-7,13,15H,8H2/t13-,15+/m1/s1. The predicted octanol–water partition coefficient (Wildman–Crippen LogP) is 4.06. The van der Waals surface area contributed by atoms with Crippen LogP contribution in [0.4, 0.5) is 0 Å². The second-order valence-corrected chi connectivity index (χ2v) is 7.35. The van der Waals surface area contributed by atoms with Gasteiger partial charge in [0.15, 0.2) is 11.6 Å². The zero-order valence-corrected chi connectivity index (χ0v) is 15.6. The molecule has 8 heteroatoms. The molecule has 0 saturated heterocycles. The van der Waals surface area contributed by atoms with Crippen LogP contribution in [0.25, 0.3) is 5.69 Å². The number of Topliss-reactive ketones (excluding diaryl/α,β-unsaturated/α-hetero) is 1. The van der Waals surface area contributed by atoms with E-state index in [1.165, 1.54) is 0 Å². The fraction of sp³-hybridized carbons (Fsp3) is 0.167. The van der Waals surface area contributed by atoms with E-state index in [1.807, 2.05) is 18.2 Å². The number of fused-ring (bicyclic) bond motifs is 3. The zero-order valence-electron chi connectivity index (χ0n) is 13.3. The first-order chi connectivity index (χ1) is 12.6. The first-order valence-corrected chi connectivity index (χ1v) is 9.02. The van der Waals surface area contributed by atoms with Crippen molar-refractivity contribution in [3.05, 3.63) is 68.9 Å². The molecule has 0 aliphatic carbocycles. The number of hydrogen-bond donors (Lipinski definition) is 0. The van der Waals surface area contributed by atoms with Crippen molar-refractivity contribution in [2.24, 2.45) is 0 Å². The largest absolute Gasteiger partial charge is 0.294 e. The maximum absolute atomic E-state index is 12.8. The third-order valence-corrected chi connectivity index (χ3v) is 5.25. The first kappa shape index (κ1) is 16.9. The Morgan fingerprint density at radius 1 is 1.27 bits per heavy atom. The van der Waals surface area contributed by atoms with Crippen LogP contribution >= 0.6 is 27.5 Å². The van der Waals surface area contributed by atoms with E-state index in [0.29, 0.717) is 16.4 Å². The van der Waals surface area contributed by atoms with Crippen LogP contribution in [0, 0.1) is 11.3 Å². The van der Waals surface area contributed by atoms with Gasteiger partial charge in [-0.05, 0) is 58.5 Å². The maximum Gasteiger partial charge on any atom is 0.174 e. The van der Waals surface area contributed by atoms with Gasteiger partial charge in [0.1, 0.15) is 5.92 Å². The summed E-state index contributed by atoms with van der Waals surface area (Å²) < 4.78 is 2.44. The van der Waals surface area contributed by atoms with E-state index >= 15 is 0 Å². The number of rotatable bonds is 3. The molecule has 2 heterocycles. The van der Waals surface area contributed by atoms with Crippen molar-refractivity contribution in [2.75, 3.05) is 0 Å². The Kier molecular flexibility index (Phi) is 4.31. The van der Waals surface area contributed by atoms with E-state index in [0.717, 1.165) is 15.7 Å². The molecule has 0 fully saturated rings. The summed E-state index contributed by atoms with van der Waals surface area (Å²) >= 11 is 9.36. The highest BCUT2D eigenvalue weighted by Gasteiger charge is 2.38. The number of benzene rings is 2. The number of aromatic nitrogens is 4. The van der Waals surface area contributed by atoms with Gasteiger partial charge in [-0.25, -0.2) is 0 Å². The molecule has 2 atom stereocenters. The molecule has 0 spiro atoms. The van der Waals surface area contributed by atoms with Gasteiger partial charge in [0, 0.05) is 27.4 Å². The van der Waals surface area contributed by atoms with Crippen LogP contribution in [0.1, 0.15) is 40.0 Å². The molecular formula is C18H11BrClN5O. The molecule has 0 amide bonds. The van der Waals surface area contributed by atoms with Crippen molar-refractivity contribution in [1.82, 2.24) is 20.2 Å². The lowest BCUT2D eigenvalue weighted by atomic mass is 9.79. The normalized spacial score (nSPS) is 17.9. The Bertz CT molecular complexity index is 1040. The van der Waals surface area contributed by atoms with Gasteiger partial charge >= 0.3 is 0 Å². The van der Waals surface area contributed by atoms with Crippen LogP contribution in [-0.2, 0) is 0 Å². The van der Waals surface area contributed by atoms with Gasteiger partial charge in [0.05, 0.1) is 11.8 Å². The van der Waals surface area contributed by atoms with Crippen LogP contribution in [0.3, 0.4) is 0 Å². The molecule has 1 aromatic heterocycles. The van der Waals surface area contributed by atoms with Crippen LogP contribution in [0.15, 0.2) is 46.9 Å². The minimum absolute atomic E-state index is 0.0567. The highest BCUT2D eigenvalue weighted by Crippen LogP contribution is 2.43. The average molecular weight is 429 g/mol. The summed E-state index contributed by atoms with van der Waals surface area (Å²) in [6, 6.07) is 14.7. The van der Waals surface area contributed by atoms with Crippen molar-refractivity contribution >= 4 is 33.3 Å². The molecule has 4 rings (SSSR count). The van der Waals surface area contributed by atoms with Crippen LogP contribution < -0.4 is 0 Å². The second kappa shape index (κ2) is 6.63. The number of hydrogen-bond acceptors (Lipinski definition) is 5. The topological polar surface area (TPSA) is 84.5 Å². The fourth-order valence-corrected chi connectivity index (χ4v) is 3.77. The third-order valence-electron chi connectivity index (χ3n) is 4.50. The minimum atomic E-state index is -0.608. The minimum Gasteiger partial charge on any atom is -0.294 e. The van der Waals surface area contributed by atoms with Gasteiger partial charge in [0.2, 0.25) is 0 Å². The van der Waals surface area contributed by atoms with E-state index in [9.17, 15) is 10.1 Å². The Morgan fingerprint density at radius 2 is 2.04 bits per heavy atom. The van der Waals surface area contributed by atoms with E-state index in [2.05, 4.69) is 37.5 Å². The average Bonchev–Trinajstić information content (AvgIpc) is 3.12. The number of tetrazole rings is 1. The summed E-state index contributed by atoms with van der Waals surface area (Å²) in [6.45, 7) is 0. The summed E-state index contributed by atoms with van der Waals surface area (Å²) in [5.74, 6) is -0.549. The first-order valence-electron chi connectivity index (χ1n) is 7.85. The van der Waals surface area contributed by atoms with Gasteiger partial charge in [0.25, 0.3) is 0 Å². The van der Waals surface area contributed by atoms with E-state index in [-0.39, 0.29) is 18.1 Å². The molecule has 0 saturated carbocycles. The second-order valence-electron chi connectivity index (χ2n) is 6.00. The highest BCUT2D eigenvalue weighted by atomic mass is 79.9. The summed E-state index contributed by atoms with van der Waals surface area (Å²) in [5.41, 5.74) is 2.22. The number of halogens is 2. The van der Waals surface area contributed by atoms with Crippen LogP contribution in [-0.4, -0.2) is 26.0 Å². The summed E-state index contributed by atoms with van der Waals surface area (Å²) in [6.07, 6.45) is 0.177. The van der Waals surface area contributed by atoms with Crippen molar-refractivity contribution in [3.8, 4) is 11.8 Å². The third kappa shape index (κ3) is 2.81. The summed E-state index contributed by atoms with van der Waals surface area (Å²) in [7, 11) is 0. The SMILES string of the molecule is N#C[C@@H]1c2nnnn2-c2ccc(Br)cc2[C@H]1CC(=O)c1ccc(Cl)cc1. The molecule has 6 nitrogen and oxygen atoms in total. The molecule has 0 bridgehead atoms. The Hall–Kier alpha value is -2.56. The molecule has 26 heavy (non-hydrogen) atoms. The van der Waals surface area contributed by atoms with Gasteiger partial charge in [-0.2, -0.15) is 9.94 Å². The monoisotopic (exact) mass is 427 g/mol. The molecular weight excluding hydrogens is 418 g/mol. The van der Waals surface area contributed by atoms with Crippen LogP contribution in [0.5, 0.6) is 0 Å². The van der Waals surface area contributed by atoms with E-state index in [4.69, 9.17) is 11.6 Å². The molecule has 1 aliphatic heterocycles. The zero-order chi connectivity index (χ0) is 18.3. The quantitative estimate of drug-likeness (QED) is 0.587. The van der Waals surface area contributed by atoms with Crippen molar-refractivity contribution in [3.63, 3.8) is 0 Å². The number of nitriles is 1. The number of ketones is 1. The number of carbonyl (C=O) groups excluding carboxylic acids is 1. The predicted molar refractivity (Wildman–Crippen MR) is 98.3 cm³/mol. The lowest BCUT2D eigenvalue weighted by Gasteiger charge is -2.28. The molecule has 128 valence electrons. The van der Waals surface area contributed by atoms with Gasteiger partial charge in [-0.15, -0.1) is 5.10 Å². The molecule has 3 aromatic rings. The van der Waals surface area contributed by atoms with Crippen molar-refractivity contribution < 1.29 is 4.79 Å². The molecule has 0 unspecified atom stereocenters. The summed E-state index contributed by atoms with van der Waals surface area (Å²) in [5, 5.41) is 22.0. The number of nitrogens with zero attached hydrogens (tertiary/aromatic N) is 5. The Morgan fingerprint density at radius 3 is 2.77 bits per heavy atom. The fourth-order valence-electron chi connectivity index (χ4n) is 3.26. The maximum atomic E-state index is 12.8. The van der Waals surface area contributed by atoms with Crippen molar-refractivity contribution in [1.29, 1.82) is 5.26 Å². The molecule has 1 aliphatic rings. The van der Waals surface area contributed by atoms with Crippen molar-refractivity contribution in [2.45, 2.75) is 18.3 Å². The van der Waals surface area contributed by atoms with Crippen LogP contribution in [0.2, 0.25) is 5.02 Å². The van der Waals surface area contributed by atoms with Gasteiger partial charge in [-0.3, -0.25) is 4.79 Å². The Balaban J connectivity index is 1.77. The smallest absolute Gasteiger partial charge is 0.174 e. The molecule has 0 radical (unpaired) electrons. The Labute approximate surface area is 162 Å². The van der Waals surface area contributed by atoms with E-state index < -0.39 is 5.92 Å². The number of carbonyl (C=O) groups is 1.